The molecule has 0 radical (unpaired) electrons. The molecular weight excluding hydrogens is 284 g/mol. The summed E-state index contributed by atoms with van der Waals surface area (Å²) in [4.78, 5) is 10.4. The maximum atomic E-state index is 11.4. The fourth-order valence-electron chi connectivity index (χ4n) is 1.19. The number of nitrogens with one attached hydrogen (secondary N) is 1. The zero-order valence-corrected chi connectivity index (χ0v) is 11.3. The Kier molecular flexibility index (Phi) is 5.89. The molecule has 0 aliphatic rings. The van der Waals surface area contributed by atoms with Crippen molar-refractivity contribution in [3.05, 3.63) is 35.9 Å². The Hall–Kier alpha value is -0.640. The Balaban J connectivity index is 2.47. The number of alkyl halides is 3. The van der Waals surface area contributed by atoms with Gasteiger partial charge in [0.2, 0.25) is 5.56 Å². The van der Waals surface area contributed by atoms with Gasteiger partial charge in [-0.1, -0.05) is 65.1 Å². The van der Waals surface area contributed by atoms with E-state index in [1.54, 1.807) is 0 Å². The van der Waals surface area contributed by atoms with Crippen LogP contribution in [0, 0.1) is 0 Å². The number of hydrogen-bond donors (Lipinski definition) is 1. The van der Waals surface area contributed by atoms with Gasteiger partial charge in [0.15, 0.2) is 4.84 Å². The molecule has 2 atom stereocenters. The van der Waals surface area contributed by atoms with E-state index in [1.165, 1.54) is 0 Å². The Labute approximate surface area is 115 Å². The lowest BCUT2D eigenvalue weighted by Gasteiger charge is -2.16. The molecule has 0 saturated heterocycles. The molecule has 0 heterocycles. The van der Waals surface area contributed by atoms with E-state index < -0.39 is 16.5 Å². The first-order chi connectivity index (χ1) is 8.00. The van der Waals surface area contributed by atoms with Gasteiger partial charge in [0.1, 0.15) is 0 Å². The van der Waals surface area contributed by atoms with Crippen molar-refractivity contribution < 1.29 is 9.53 Å². The first-order valence-corrected chi connectivity index (χ1v) is 6.26. The van der Waals surface area contributed by atoms with Crippen LogP contribution in [0.25, 0.3) is 0 Å². The smallest absolute Gasteiger partial charge is 0.409 e. The summed E-state index contributed by atoms with van der Waals surface area (Å²) < 4.78 is 4.76. The first-order valence-electron chi connectivity index (χ1n) is 4.95. The lowest BCUT2D eigenvalue weighted by Crippen LogP contribution is -2.31. The molecule has 0 spiro atoms. The summed E-state index contributed by atoms with van der Waals surface area (Å²) in [6.45, 7) is 1.83. The standard InChI is InChI=1S/C11H12Cl3NO2/c1-7(8-5-3-2-4-6-8)15-11(16)17-10(14)9(12)13/h2-7,9-10H,1H3,(H,15,16). The highest BCUT2D eigenvalue weighted by Crippen LogP contribution is 2.16. The minimum Gasteiger partial charge on any atom is -0.427 e. The molecule has 0 aliphatic carbocycles. The van der Waals surface area contributed by atoms with Crippen LogP contribution in [0.2, 0.25) is 0 Å². The van der Waals surface area contributed by atoms with Gasteiger partial charge in [-0.3, -0.25) is 0 Å². The number of hydrogen-bond acceptors (Lipinski definition) is 2. The number of carbonyl (C=O) groups excluding carboxylic acids is 1. The zero-order chi connectivity index (χ0) is 12.8. The molecule has 1 rings (SSSR count). The molecule has 0 fully saturated rings. The summed E-state index contributed by atoms with van der Waals surface area (Å²) >= 11 is 16.5. The van der Waals surface area contributed by atoms with E-state index >= 15 is 0 Å². The second-order valence-electron chi connectivity index (χ2n) is 3.37. The molecular formula is C11H12Cl3NO2. The monoisotopic (exact) mass is 295 g/mol. The van der Waals surface area contributed by atoms with E-state index in [0.717, 1.165) is 5.56 Å². The predicted octanol–water partition coefficient (Wildman–Crippen LogP) is 3.84. The van der Waals surface area contributed by atoms with E-state index in [4.69, 9.17) is 39.5 Å². The highest BCUT2D eigenvalue weighted by Gasteiger charge is 2.19. The predicted molar refractivity (Wildman–Crippen MR) is 69.6 cm³/mol. The largest absolute Gasteiger partial charge is 0.427 e. The van der Waals surface area contributed by atoms with Crippen molar-refractivity contribution in [1.82, 2.24) is 5.32 Å². The fourth-order valence-corrected chi connectivity index (χ4v) is 1.37. The van der Waals surface area contributed by atoms with Gasteiger partial charge in [-0.05, 0) is 12.5 Å². The van der Waals surface area contributed by atoms with Crippen molar-refractivity contribution in [3.63, 3.8) is 0 Å². The van der Waals surface area contributed by atoms with Gasteiger partial charge in [0.25, 0.3) is 0 Å². The zero-order valence-electron chi connectivity index (χ0n) is 9.07. The van der Waals surface area contributed by atoms with Crippen LogP contribution < -0.4 is 5.32 Å². The maximum Gasteiger partial charge on any atom is 0.409 e. The van der Waals surface area contributed by atoms with Gasteiger partial charge in [-0.15, -0.1) is 0 Å². The summed E-state index contributed by atoms with van der Waals surface area (Å²) in [7, 11) is 0. The van der Waals surface area contributed by atoms with Crippen LogP contribution in [0.5, 0.6) is 0 Å². The minimum atomic E-state index is -1.07. The highest BCUT2D eigenvalue weighted by atomic mass is 35.5. The Morgan fingerprint density at radius 2 is 1.82 bits per heavy atom. The molecule has 6 heteroatoms. The summed E-state index contributed by atoms with van der Waals surface area (Å²) in [5.41, 5.74) is -0.106. The Bertz CT molecular complexity index is 359. The molecule has 0 saturated carbocycles. The summed E-state index contributed by atoms with van der Waals surface area (Å²) in [5.74, 6) is 0. The van der Waals surface area contributed by atoms with Gasteiger partial charge in [0.05, 0.1) is 6.04 Å². The third-order valence-corrected chi connectivity index (χ3v) is 3.11. The van der Waals surface area contributed by atoms with Crippen molar-refractivity contribution in [2.24, 2.45) is 0 Å². The quantitative estimate of drug-likeness (QED) is 0.857. The fraction of sp³-hybridized carbons (Fsp3) is 0.364. The molecule has 1 aromatic rings. The molecule has 1 amide bonds. The van der Waals surface area contributed by atoms with Crippen molar-refractivity contribution in [2.45, 2.75) is 23.4 Å². The third-order valence-electron chi connectivity index (χ3n) is 2.05. The first kappa shape index (κ1) is 14.4. The molecule has 0 aromatic heterocycles. The SMILES string of the molecule is CC(NC(=O)OC(Cl)C(Cl)Cl)c1ccccc1. The van der Waals surface area contributed by atoms with Crippen LogP contribution in [0.1, 0.15) is 18.5 Å². The van der Waals surface area contributed by atoms with Crippen molar-refractivity contribution >= 4 is 40.9 Å². The average molecular weight is 297 g/mol. The second kappa shape index (κ2) is 6.94. The van der Waals surface area contributed by atoms with Crippen LogP contribution in [-0.2, 0) is 4.74 Å². The third kappa shape index (κ3) is 5.02. The normalized spacial score (nSPS) is 14.2. The van der Waals surface area contributed by atoms with E-state index in [2.05, 4.69) is 5.32 Å². The number of ether oxygens (including phenoxy) is 1. The van der Waals surface area contributed by atoms with Gasteiger partial charge in [-0.2, -0.15) is 0 Å². The Morgan fingerprint density at radius 1 is 1.24 bits per heavy atom. The number of alkyl carbamates (subject to hydrolysis) is 1. The molecule has 17 heavy (non-hydrogen) atoms. The number of halogens is 3. The van der Waals surface area contributed by atoms with Gasteiger partial charge in [0, 0.05) is 0 Å². The van der Waals surface area contributed by atoms with Crippen LogP contribution in [-0.4, -0.2) is 16.5 Å². The number of benzene rings is 1. The molecule has 1 aromatic carbocycles. The molecule has 0 aliphatic heterocycles. The topological polar surface area (TPSA) is 38.3 Å². The summed E-state index contributed by atoms with van der Waals surface area (Å²) in [6, 6.07) is 9.28. The van der Waals surface area contributed by atoms with Crippen LogP contribution in [0.15, 0.2) is 30.3 Å². The van der Waals surface area contributed by atoms with Gasteiger partial charge < -0.3 is 10.1 Å². The van der Waals surface area contributed by atoms with E-state index in [1.807, 2.05) is 37.3 Å². The highest BCUT2D eigenvalue weighted by molar-refractivity contribution is 6.48. The van der Waals surface area contributed by atoms with Crippen molar-refractivity contribution in [3.8, 4) is 0 Å². The molecule has 3 nitrogen and oxygen atoms in total. The molecule has 94 valence electrons. The average Bonchev–Trinajstić information content (AvgIpc) is 2.29. The van der Waals surface area contributed by atoms with Crippen molar-refractivity contribution in [1.29, 1.82) is 0 Å². The molecule has 2 unspecified atom stereocenters. The Morgan fingerprint density at radius 3 is 2.35 bits per heavy atom. The summed E-state index contributed by atoms with van der Waals surface area (Å²) in [6.07, 6.45) is -0.660. The van der Waals surface area contributed by atoms with Crippen LogP contribution in [0.3, 0.4) is 0 Å². The lowest BCUT2D eigenvalue weighted by atomic mass is 10.1. The minimum absolute atomic E-state index is 0.184. The number of amides is 1. The van der Waals surface area contributed by atoms with Crippen LogP contribution >= 0.6 is 34.8 Å². The van der Waals surface area contributed by atoms with E-state index in [-0.39, 0.29) is 6.04 Å². The van der Waals surface area contributed by atoms with Gasteiger partial charge >= 0.3 is 6.09 Å². The molecule has 0 bridgehead atoms. The van der Waals surface area contributed by atoms with Crippen LogP contribution in [0.4, 0.5) is 4.79 Å². The van der Waals surface area contributed by atoms with Gasteiger partial charge in [-0.25, -0.2) is 4.79 Å². The summed E-state index contributed by atoms with van der Waals surface area (Å²) in [5, 5.41) is 2.62. The molecule has 1 N–H and O–H groups in total. The maximum absolute atomic E-state index is 11.4. The number of carbonyl (C=O) groups is 1. The number of rotatable bonds is 4. The lowest BCUT2D eigenvalue weighted by molar-refractivity contribution is 0.134. The second-order valence-corrected chi connectivity index (χ2v) is 4.96. The van der Waals surface area contributed by atoms with Crippen molar-refractivity contribution in [2.75, 3.05) is 0 Å². The van der Waals surface area contributed by atoms with E-state index in [9.17, 15) is 4.79 Å². The van der Waals surface area contributed by atoms with E-state index in [0.29, 0.717) is 0 Å².